The van der Waals surface area contributed by atoms with Crippen LogP contribution in [0.1, 0.15) is 17.5 Å². The predicted octanol–water partition coefficient (Wildman–Crippen LogP) is 1.79. The zero-order chi connectivity index (χ0) is 12.1. The number of rotatable bonds is 5. The van der Waals surface area contributed by atoms with Gasteiger partial charge < -0.3 is 9.73 Å². The standard InChI is InChI=1S/C9H11ClN2O4/c1-6(4-10)5-11-9(13)7-2-3-8(16-7)12(14)15/h2-3,6H,4-5H2,1H3,(H,11,13). The molecule has 1 amide bonds. The van der Waals surface area contributed by atoms with Crippen molar-refractivity contribution in [2.45, 2.75) is 6.92 Å². The molecule has 0 aliphatic carbocycles. The Bertz CT molecular complexity index is 391. The summed E-state index contributed by atoms with van der Waals surface area (Å²) in [6.45, 7) is 2.27. The Morgan fingerprint density at radius 3 is 2.88 bits per heavy atom. The van der Waals surface area contributed by atoms with Crippen molar-refractivity contribution in [1.29, 1.82) is 0 Å². The third kappa shape index (κ3) is 3.23. The zero-order valence-electron chi connectivity index (χ0n) is 8.60. The molecule has 0 radical (unpaired) electrons. The van der Waals surface area contributed by atoms with Gasteiger partial charge in [0.1, 0.15) is 4.92 Å². The molecule has 0 saturated heterocycles. The Morgan fingerprint density at radius 2 is 2.38 bits per heavy atom. The van der Waals surface area contributed by atoms with Crippen LogP contribution >= 0.6 is 11.6 Å². The van der Waals surface area contributed by atoms with Crippen LogP contribution in [-0.2, 0) is 0 Å². The molecule has 1 atom stereocenters. The first-order valence-electron chi connectivity index (χ1n) is 4.63. The SMILES string of the molecule is CC(CCl)CNC(=O)c1ccc([N+](=O)[O-])o1. The summed E-state index contributed by atoms with van der Waals surface area (Å²) in [5, 5.41) is 12.9. The minimum Gasteiger partial charge on any atom is -0.395 e. The van der Waals surface area contributed by atoms with Gasteiger partial charge in [-0.2, -0.15) is 0 Å². The van der Waals surface area contributed by atoms with Crippen molar-refractivity contribution in [2.24, 2.45) is 5.92 Å². The molecule has 1 N–H and O–H groups in total. The first kappa shape index (κ1) is 12.5. The summed E-state index contributed by atoms with van der Waals surface area (Å²) in [5.41, 5.74) is 0. The Morgan fingerprint density at radius 1 is 1.69 bits per heavy atom. The molecule has 1 aromatic rings. The number of nitrogens with zero attached hydrogens (tertiary/aromatic N) is 1. The van der Waals surface area contributed by atoms with Gasteiger partial charge >= 0.3 is 5.88 Å². The highest BCUT2D eigenvalue weighted by Crippen LogP contribution is 2.15. The maximum absolute atomic E-state index is 11.4. The second-order valence-electron chi connectivity index (χ2n) is 3.36. The second kappa shape index (κ2) is 5.50. The summed E-state index contributed by atoms with van der Waals surface area (Å²) in [6.07, 6.45) is 0. The maximum atomic E-state index is 11.4. The highest BCUT2D eigenvalue weighted by Gasteiger charge is 2.17. The largest absolute Gasteiger partial charge is 0.433 e. The summed E-state index contributed by atoms with van der Waals surface area (Å²) >= 11 is 5.56. The van der Waals surface area contributed by atoms with Gasteiger partial charge in [-0.3, -0.25) is 14.9 Å². The summed E-state index contributed by atoms with van der Waals surface area (Å²) in [5.74, 6) is -0.442. The summed E-state index contributed by atoms with van der Waals surface area (Å²) in [6, 6.07) is 2.40. The fourth-order valence-electron chi connectivity index (χ4n) is 0.956. The minimum absolute atomic E-state index is 0.0755. The number of halogens is 1. The third-order valence-electron chi connectivity index (χ3n) is 1.87. The van der Waals surface area contributed by atoms with E-state index in [4.69, 9.17) is 16.0 Å². The lowest BCUT2D eigenvalue weighted by atomic mass is 10.2. The lowest BCUT2D eigenvalue weighted by Crippen LogP contribution is -2.28. The Labute approximate surface area is 96.7 Å². The number of alkyl halides is 1. The van der Waals surface area contributed by atoms with E-state index in [1.54, 1.807) is 0 Å². The molecule has 1 rings (SSSR count). The average Bonchev–Trinajstić information content (AvgIpc) is 2.74. The minimum atomic E-state index is -0.696. The van der Waals surface area contributed by atoms with E-state index in [2.05, 4.69) is 5.32 Å². The van der Waals surface area contributed by atoms with Gasteiger partial charge in [0.05, 0.1) is 6.07 Å². The van der Waals surface area contributed by atoms with Crippen LogP contribution in [-0.4, -0.2) is 23.3 Å². The number of hydrogen-bond acceptors (Lipinski definition) is 4. The number of carbonyl (C=O) groups excluding carboxylic acids is 1. The van der Waals surface area contributed by atoms with Gasteiger partial charge in [0.15, 0.2) is 5.76 Å². The van der Waals surface area contributed by atoms with E-state index in [0.29, 0.717) is 12.4 Å². The van der Waals surface area contributed by atoms with Crippen LogP contribution in [0.25, 0.3) is 0 Å². The highest BCUT2D eigenvalue weighted by molar-refractivity contribution is 6.18. The van der Waals surface area contributed by atoms with Crippen molar-refractivity contribution in [3.8, 4) is 0 Å². The second-order valence-corrected chi connectivity index (χ2v) is 3.67. The molecule has 0 fully saturated rings. The number of carbonyl (C=O) groups is 1. The molecule has 7 heteroatoms. The molecule has 0 saturated carbocycles. The fraction of sp³-hybridized carbons (Fsp3) is 0.444. The van der Waals surface area contributed by atoms with Gasteiger partial charge in [0, 0.05) is 12.4 Å². The summed E-state index contributed by atoms with van der Waals surface area (Å²) < 4.78 is 4.73. The van der Waals surface area contributed by atoms with Crippen molar-refractivity contribution in [3.63, 3.8) is 0 Å². The highest BCUT2D eigenvalue weighted by atomic mass is 35.5. The summed E-state index contributed by atoms with van der Waals surface area (Å²) in [4.78, 5) is 21.0. The molecule has 6 nitrogen and oxygen atoms in total. The molecule has 0 aliphatic rings. The van der Waals surface area contributed by atoms with Crippen molar-refractivity contribution in [1.82, 2.24) is 5.32 Å². The molecule has 0 spiro atoms. The van der Waals surface area contributed by atoms with E-state index in [1.807, 2.05) is 6.92 Å². The molecule has 0 aliphatic heterocycles. The molecule has 0 aromatic carbocycles. The third-order valence-corrected chi connectivity index (χ3v) is 2.40. The molecular weight excluding hydrogens is 236 g/mol. The van der Waals surface area contributed by atoms with Crippen LogP contribution in [0, 0.1) is 16.0 Å². The van der Waals surface area contributed by atoms with E-state index in [1.165, 1.54) is 6.07 Å². The van der Waals surface area contributed by atoms with E-state index in [-0.39, 0.29) is 11.7 Å². The van der Waals surface area contributed by atoms with Crippen molar-refractivity contribution in [3.05, 3.63) is 28.0 Å². The van der Waals surface area contributed by atoms with Gasteiger partial charge in [-0.15, -0.1) is 11.6 Å². The van der Waals surface area contributed by atoms with E-state index in [9.17, 15) is 14.9 Å². The monoisotopic (exact) mass is 246 g/mol. The number of hydrogen-bond donors (Lipinski definition) is 1. The molecule has 1 heterocycles. The molecule has 16 heavy (non-hydrogen) atoms. The van der Waals surface area contributed by atoms with Gasteiger partial charge in [-0.1, -0.05) is 6.92 Å². The molecule has 1 aromatic heterocycles. The topological polar surface area (TPSA) is 85.4 Å². The average molecular weight is 247 g/mol. The number of nitrogens with one attached hydrogen (secondary N) is 1. The molecular formula is C9H11ClN2O4. The van der Waals surface area contributed by atoms with Gasteiger partial charge in [0.25, 0.3) is 5.91 Å². The lowest BCUT2D eigenvalue weighted by Gasteiger charge is -2.07. The number of nitro groups is 1. The van der Waals surface area contributed by atoms with Crippen LogP contribution in [0.2, 0.25) is 0 Å². The Hall–Kier alpha value is -1.56. The first-order chi connectivity index (χ1) is 7.54. The fourth-order valence-corrected chi connectivity index (χ4v) is 1.07. The van der Waals surface area contributed by atoms with Crippen LogP contribution in [0.4, 0.5) is 5.88 Å². The van der Waals surface area contributed by atoms with E-state index < -0.39 is 16.7 Å². The number of amides is 1. The molecule has 88 valence electrons. The van der Waals surface area contributed by atoms with Crippen LogP contribution in [0.15, 0.2) is 16.5 Å². The number of furan rings is 1. The van der Waals surface area contributed by atoms with Crippen molar-refractivity contribution in [2.75, 3.05) is 12.4 Å². The predicted molar refractivity (Wildman–Crippen MR) is 57.6 cm³/mol. The zero-order valence-corrected chi connectivity index (χ0v) is 9.36. The van der Waals surface area contributed by atoms with Crippen molar-refractivity contribution < 1.29 is 14.1 Å². The van der Waals surface area contributed by atoms with Gasteiger partial charge in [-0.25, -0.2) is 0 Å². The molecule has 1 unspecified atom stereocenters. The van der Waals surface area contributed by atoms with Gasteiger partial charge in [-0.05, 0) is 12.0 Å². The molecule has 0 bridgehead atoms. The lowest BCUT2D eigenvalue weighted by molar-refractivity contribution is -0.402. The van der Waals surface area contributed by atoms with Crippen molar-refractivity contribution >= 4 is 23.4 Å². The Balaban J connectivity index is 2.56. The summed E-state index contributed by atoms with van der Waals surface area (Å²) in [7, 11) is 0. The normalized spacial score (nSPS) is 12.1. The quantitative estimate of drug-likeness (QED) is 0.488. The first-order valence-corrected chi connectivity index (χ1v) is 5.16. The van der Waals surface area contributed by atoms with E-state index >= 15 is 0 Å². The maximum Gasteiger partial charge on any atom is 0.433 e. The Kier molecular flexibility index (Phi) is 4.30. The smallest absolute Gasteiger partial charge is 0.395 e. The van der Waals surface area contributed by atoms with Gasteiger partial charge in [0.2, 0.25) is 0 Å². The van der Waals surface area contributed by atoms with Crippen LogP contribution in [0.3, 0.4) is 0 Å². The van der Waals surface area contributed by atoms with Crippen LogP contribution < -0.4 is 5.32 Å². The van der Waals surface area contributed by atoms with Crippen LogP contribution in [0.5, 0.6) is 0 Å². The van der Waals surface area contributed by atoms with E-state index in [0.717, 1.165) is 6.07 Å².